The third kappa shape index (κ3) is 3.42. The number of guanidine groups is 1. The molecule has 3 nitrogen and oxygen atoms in total. The van der Waals surface area contributed by atoms with Gasteiger partial charge in [-0.3, -0.25) is 0 Å². The van der Waals surface area contributed by atoms with Crippen molar-refractivity contribution in [2.75, 3.05) is 24.6 Å². The summed E-state index contributed by atoms with van der Waals surface area (Å²) in [5.74, 6) is 3.00. The molecule has 0 bridgehead atoms. The second-order valence-electron chi connectivity index (χ2n) is 4.40. The molecule has 1 aromatic carbocycles. The second-order valence-corrected chi connectivity index (χ2v) is 5.62. The topological polar surface area (TPSA) is 41.6 Å². The van der Waals surface area contributed by atoms with Crippen LogP contribution in [0.3, 0.4) is 0 Å². The molecule has 2 N–H and O–H groups in total. The molecule has 1 aromatic rings. The largest absolute Gasteiger partial charge is 0.370 e. The van der Waals surface area contributed by atoms with Crippen molar-refractivity contribution < 1.29 is 0 Å². The van der Waals surface area contributed by atoms with Gasteiger partial charge in [0.25, 0.3) is 0 Å². The molecule has 1 saturated heterocycles. The van der Waals surface area contributed by atoms with Gasteiger partial charge in [0.05, 0.1) is 6.54 Å². The van der Waals surface area contributed by atoms with Crippen molar-refractivity contribution in [2.24, 2.45) is 10.7 Å². The van der Waals surface area contributed by atoms with Crippen LogP contribution in [0.2, 0.25) is 0 Å². The van der Waals surface area contributed by atoms with Crippen molar-refractivity contribution in [2.45, 2.75) is 19.9 Å². The van der Waals surface area contributed by atoms with Crippen LogP contribution >= 0.6 is 11.8 Å². The van der Waals surface area contributed by atoms with Crippen LogP contribution in [-0.4, -0.2) is 35.5 Å². The van der Waals surface area contributed by atoms with Crippen LogP contribution in [-0.2, 0) is 13.0 Å². The van der Waals surface area contributed by atoms with Crippen LogP contribution < -0.4 is 5.73 Å². The van der Waals surface area contributed by atoms with Gasteiger partial charge in [-0.2, -0.15) is 11.8 Å². The third-order valence-corrected chi connectivity index (χ3v) is 4.19. The van der Waals surface area contributed by atoms with Crippen molar-refractivity contribution in [3.05, 3.63) is 35.4 Å². The summed E-state index contributed by atoms with van der Waals surface area (Å²) in [7, 11) is 0. The lowest BCUT2D eigenvalue weighted by atomic mass is 10.1. The Morgan fingerprint density at radius 2 is 1.94 bits per heavy atom. The van der Waals surface area contributed by atoms with E-state index in [1.165, 1.54) is 11.1 Å². The summed E-state index contributed by atoms with van der Waals surface area (Å²) in [6.45, 7) is 4.91. The zero-order valence-electron chi connectivity index (χ0n) is 10.9. The Balaban J connectivity index is 2.00. The van der Waals surface area contributed by atoms with Gasteiger partial charge in [-0.1, -0.05) is 31.2 Å². The first kappa shape index (κ1) is 13.3. The van der Waals surface area contributed by atoms with Crippen LogP contribution in [0, 0.1) is 0 Å². The van der Waals surface area contributed by atoms with Crippen LogP contribution in [0.25, 0.3) is 0 Å². The average molecular weight is 263 g/mol. The lowest BCUT2D eigenvalue weighted by molar-refractivity contribution is 0.455. The second kappa shape index (κ2) is 6.69. The maximum Gasteiger partial charge on any atom is 0.191 e. The van der Waals surface area contributed by atoms with Gasteiger partial charge in [0.1, 0.15) is 0 Å². The fourth-order valence-electron chi connectivity index (χ4n) is 2.12. The van der Waals surface area contributed by atoms with E-state index in [0.29, 0.717) is 12.5 Å². The SMILES string of the molecule is CCc1ccccc1CN=C(N)N1CCSCC1. The smallest absolute Gasteiger partial charge is 0.191 e. The molecule has 1 fully saturated rings. The molecule has 18 heavy (non-hydrogen) atoms. The minimum atomic E-state index is 0.694. The summed E-state index contributed by atoms with van der Waals surface area (Å²) >= 11 is 1.98. The number of aryl methyl sites for hydroxylation is 1. The molecule has 4 heteroatoms. The zero-order chi connectivity index (χ0) is 12.8. The minimum Gasteiger partial charge on any atom is -0.370 e. The lowest BCUT2D eigenvalue weighted by Crippen LogP contribution is -2.42. The molecule has 1 heterocycles. The fraction of sp³-hybridized carbons (Fsp3) is 0.500. The number of nitrogens with zero attached hydrogens (tertiary/aromatic N) is 2. The van der Waals surface area contributed by atoms with Crippen molar-refractivity contribution in [3.63, 3.8) is 0 Å². The van der Waals surface area contributed by atoms with E-state index in [1.54, 1.807) is 0 Å². The molecular weight excluding hydrogens is 242 g/mol. The Kier molecular flexibility index (Phi) is 4.93. The predicted octanol–water partition coefficient (Wildman–Crippen LogP) is 2.11. The van der Waals surface area contributed by atoms with E-state index in [1.807, 2.05) is 11.8 Å². The van der Waals surface area contributed by atoms with E-state index in [4.69, 9.17) is 5.73 Å². The maximum atomic E-state index is 6.05. The van der Waals surface area contributed by atoms with E-state index >= 15 is 0 Å². The molecule has 1 aliphatic rings. The highest BCUT2D eigenvalue weighted by Crippen LogP contribution is 2.12. The molecule has 0 aliphatic carbocycles. The van der Waals surface area contributed by atoms with Gasteiger partial charge in [-0.25, -0.2) is 4.99 Å². The third-order valence-electron chi connectivity index (χ3n) is 3.25. The number of benzene rings is 1. The molecular formula is C14H21N3S. The first-order valence-electron chi connectivity index (χ1n) is 6.50. The number of rotatable bonds is 3. The van der Waals surface area contributed by atoms with Crippen molar-refractivity contribution in [3.8, 4) is 0 Å². The molecule has 0 atom stereocenters. The Morgan fingerprint density at radius 1 is 1.28 bits per heavy atom. The Hall–Kier alpha value is -1.16. The summed E-state index contributed by atoms with van der Waals surface area (Å²) < 4.78 is 0. The normalized spacial score (nSPS) is 16.9. The molecule has 2 rings (SSSR count). The molecule has 0 unspecified atom stereocenters. The Bertz CT molecular complexity index is 411. The number of nitrogens with two attached hydrogens (primary N) is 1. The number of aliphatic imine (C=N–C) groups is 1. The van der Waals surface area contributed by atoms with Gasteiger partial charge >= 0.3 is 0 Å². The first-order chi connectivity index (χ1) is 8.81. The van der Waals surface area contributed by atoms with E-state index in [-0.39, 0.29) is 0 Å². The van der Waals surface area contributed by atoms with Gasteiger partial charge < -0.3 is 10.6 Å². The van der Waals surface area contributed by atoms with Crippen LogP contribution in [0.5, 0.6) is 0 Å². The van der Waals surface area contributed by atoms with E-state index in [2.05, 4.69) is 41.1 Å². The maximum absolute atomic E-state index is 6.05. The molecule has 0 spiro atoms. The predicted molar refractivity (Wildman–Crippen MR) is 80.0 cm³/mol. The lowest BCUT2D eigenvalue weighted by Gasteiger charge is -2.27. The number of hydrogen-bond acceptors (Lipinski definition) is 2. The summed E-state index contributed by atoms with van der Waals surface area (Å²) in [4.78, 5) is 6.72. The Morgan fingerprint density at radius 3 is 2.61 bits per heavy atom. The Labute approximate surface area is 113 Å². The molecule has 0 radical (unpaired) electrons. The first-order valence-corrected chi connectivity index (χ1v) is 7.66. The van der Waals surface area contributed by atoms with E-state index < -0.39 is 0 Å². The number of thioether (sulfide) groups is 1. The van der Waals surface area contributed by atoms with Crippen LogP contribution in [0.4, 0.5) is 0 Å². The number of hydrogen-bond donors (Lipinski definition) is 1. The van der Waals surface area contributed by atoms with Gasteiger partial charge in [0, 0.05) is 24.6 Å². The summed E-state index contributed by atoms with van der Waals surface area (Å²) in [5.41, 5.74) is 8.70. The zero-order valence-corrected chi connectivity index (χ0v) is 11.7. The molecule has 0 aromatic heterocycles. The fourth-order valence-corrected chi connectivity index (χ4v) is 3.02. The monoisotopic (exact) mass is 263 g/mol. The summed E-state index contributed by atoms with van der Waals surface area (Å²) in [6, 6.07) is 8.45. The van der Waals surface area contributed by atoms with Crippen molar-refractivity contribution in [1.29, 1.82) is 0 Å². The molecule has 0 saturated carbocycles. The minimum absolute atomic E-state index is 0.694. The van der Waals surface area contributed by atoms with Crippen LogP contribution in [0.1, 0.15) is 18.1 Å². The summed E-state index contributed by atoms with van der Waals surface area (Å²) in [5, 5.41) is 0. The summed E-state index contributed by atoms with van der Waals surface area (Å²) in [6.07, 6.45) is 1.05. The van der Waals surface area contributed by atoms with Gasteiger partial charge in [-0.05, 0) is 17.5 Å². The van der Waals surface area contributed by atoms with E-state index in [0.717, 1.165) is 31.0 Å². The van der Waals surface area contributed by atoms with E-state index in [9.17, 15) is 0 Å². The highest BCUT2D eigenvalue weighted by molar-refractivity contribution is 7.99. The van der Waals surface area contributed by atoms with Crippen molar-refractivity contribution in [1.82, 2.24) is 4.90 Å². The van der Waals surface area contributed by atoms with Crippen molar-refractivity contribution >= 4 is 17.7 Å². The van der Waals surface area contributed by atoms with Gasteiger partial charge in [-0.15, -0.1) is 0 Å². The molecule has 0 amide bonds. The molecule has 1 aliphatic heterocycles. The standard InChI is InChI=1S/C14H21N3S/c1-2-12-5-3-4-6-13(12)11-16-14(15)17-7-9-18-10-8-17/h3-6H,2,7-11H2,1H3,(H2,15,16). The van der Waals surface area contributed by atoms with Gasteiger partial charge in [0.2, 0.25) is 0 Å². The average Bonchev–Trinajstić information content (AvgIpc) is 2.46. The molecule has 98 valence electrons. The highest BCUT2D eigenvalue weighted by atomic mass is 32.2. The quantitative estimate of drug-likeness (QED) is 0.671. The highest BCUT2D eigenvalue weighted by Gasteiger charge is 2.11. The van der Waals surface area contributed by atoms with Crippen LogP contribution in [0.15, 0.2) is 29.3 Å². The van der Waals surface area contributed by atoms with Gasteiger partial charge in [0.15, 0.2) is 5.96 Å².